The Hall–Kier alpha value is -3.10. The van der Waals surface area contributed by atoms with Crippen molar-refractivity contribution in [1.82, 2.24) is 34.2 Å². The largest absolute Gasteiger partial charge is 0.339 e. The van der Waals surface area contributed by atoms with Crippen LogP contribution in [0.15, 0.2) is 37.2 Å². The molecular formula is C19H22FN7O. The number of hydrogen-bond donors (Lipinski definition) is 0. The van der Waals surface area contributed by atoms with Gasteiger partial charge in [-0.05, 0) is 25.8 Å². The number of amides is 1. The molecule has 4 heterocycles. The second kappa shape index (κ2) is 7.87. The molecule has 0 saturated carbocycles. The molecule has 1 saturated heterocycles. The molecule has 0 radical (unpaired) electrons. The van der Waals surface area contributed by atoms with Gasteiger partial charge in [-0.2, -0.15) is 0 Å². The highest BCUT2D eigenvalue weighted by atomic mass is 19.1. The third-order valence-electron chi connectivity index (χ3n) is 5.21. The molecular weight excluding hydrogens is 361 g/mol. The fourth-order valence-corrected chi connectivity index (χ4v) is 3.72. The molecule has 1 amide bonds. The predicted octanol–water partition coefficient (Wildman–Crippen LogP) is 2.10. The first-order valence-electron chi connectivity index (χ1n) is 9.44. The fourth-order valence-electron chi connectivity index (χ4n) is 3.72. The van der Waals surface area contributed by atoms with Crippen molar-refractivity contribution in [1.29, 1.82) is 0 Å². The van der Waals surface area contributed by atoms with Crippen LogP contribution in [0.1, 0.15) is 47.7 Å². The summed E-state index contributed by atoms with van der Waals surface area (Å²) in [6, 6.07) is 1.43. The van der Waals surface area contributed by atoms with Gasteiger partial charge in [0.15, 0.2) is 11.6 Å². The van der Waals surface area contributed by atoms with Crippen LogP contribution >= 0.6 is 0 Å². The van der Waals surface area contributed by atoms with Crippen LogP contribution < -0.4 is 0 Å². The van der Waals surface area contributed by atoms with Gasteiger partial charge >= 0.3 is 0 Å². The van der Waals surface area contributed by atoms with Crippen LogP contribution in [0.2, 0.25) is 0 Å². The molecule has 146 valence electrons. The molecule has 9 heteroatoms. The van der Waals surface area contributed by atoms with Gasteiger partial charge < -0.3 is 14.0 Å². The molecule has 1 fully saturated rings. The molecule has 3 aromatic rings. The minimum atomic E-state index is -0.579. The highest BCUT2D eigenvalue weighted by molar-refractivity contribution is 5.94. The van der Waals surface area contributed by atoms with Crippen molar-refractivity contribution in [3.63, 3.8) is 0 Å². The van der Waals surface area contributed by atoms with Crippen molar-refractivity contribution >= 4 is 5.91 Å². The fraction of sp³-hybridized carbons (Fsp3) is 0.421. The molecule has 1 aliphatic rings. The van der Waals surface area contributed by atoms with E-state index >= 15 is 0 Å². The first kappa shape index (κ1) is 18.3. The number of pyridine rings is 1. The van der Waals surface area contributed by atoms with Gasteiger partial charge in [-0.25, -0.2) is 9.37 Å². The van der Waals surface area contributed by atoms with E-state index in [0.717, 1.165) is 37.2 Å². The molecule has 28 heavy (non-hydrogen) atoms. The van der Waals surface area contributed by atoms with E-state index in [1.807, 2.05) is 10.8 Å². The molecule has 4 rings (SSSR count). The summed E-state index contributed by atoms with van der Waals surface area (Å²) in [4.78, 5) is 22.1. The van der Waals surface area contributed by atoms with E-state index in [9.17, 15) is 9.18 Å². The molecule has 0 N–H and O–H groups in total. The Kier molecular flexibility index (Phi) is 5.14. The van der Waals surface area contributed by atoms with Gasteiger partial charge in [0.2, 0.25) is 0 Å². The Morgan fingerprint density at radius 1 is 1.21 bits per heavy atom. The molecule has 0 aliphatic carbocycles. The van der Waals surface area contributed by atoms with Crippen molar-refractivity contribution in [2.24, 2.45) is 0 Å². The number of piperidine rings is 1. The topological polar surface area (TPSA) is 81.7 Å². The molecule has 0 aromatic carbocycles. The van der Waals surface area contributed by atoms with Crippen LogP contribution in [0.4, 0.5) is 4.39 Å². The molecule has 0 spiro atoms. The summed E-state index contributed by atoms with van der Waals surface area (Å²) in [7, 11) is 0. The lowest BCUT2D eigenvalue weighted by Gasteiger charge is -2.31. The lowest BCUT2D eigenvalue weighted by Crippen LogP contribution is -2.38. The number of rotatable bonds is 5. The third kappa shape index (κ3) is 3.51. The summed E-state index contributed by atoms with van der Waals surface area (Å²) in [5, 5.41) is 8.82. The van der Waals surface area contributed by atoms with E-state index < -0.39 is 5.82 Å². The highest BCUT2D eigenvalue weighted by Crippen LogP contribution is 2.28. The number of nitrogens with zero attached hydrogens (tertiary/aromatic N) is 7. The predicted molar refractivity (Wildman–Crippen MR) is 99.1 cm³/mol. The number of halogens is 1. The van der Waals surface area contributed by atoms with Gasteiger partial charge in [-0.15, -0.1) is 10.2 Å². The van der Waals surface area contributed by atoms with E-state index in [2.05, 4.69) is 31.7 Å². The number of carbonyl (C=O) groups is 1. The maximum absolute atomic E-state index is 13.9. The van der Waals surface area contributed by atoms with Crippen LogP contribution in [0.5, 0.6) is 0 Å². The maximum Gasteiger partial charge on any atom is 0.256 e. The standard InChI is InChI=1S/C19H22FN7O/c1-2-27-17(12-25-10-7-22-13-25)23-24-18(27)14-4-8-26(9-5-14)19(28)15-3-6-21-11-16(15)20/h3,6-7,10-11,13-14H,2,4-5,8-9,12H2,1H3. The Bertz CT molecular complexity index is 945. The Morgan fingerprint density at radius 2 is 2.04 bits per heavy atom. The van der Waals surface area contributed by atoms with E-state index in [1.54, 1.807) is 17.4 Å². The van der Waals surface area contributed by atoms with Gasteiger partial charge in [0, 0.05) is 44.1 Å². The second-order valence-corrected chi connectivity index (χ2v) is 6.88. The van der Waals surface area contributed by atoms with Crippen LogP contribution in [0.25, 0.3) is 0 Å². The summed E-state index contributed by atoms with van der Waals surface area (Å²) in [5.74, 6) is 1.23. The summed E-state index contributed by atoms with van der Waals surface area (Å²) in [6.45, 7) is 4.62. The zero-order chi connectivity index (χ0) is 19.5. The normalized spacial score (nSPS) is 15.1. The lowest BCUT2D eigenvalue weighted by molar-refractivity contribution is 0.0705. The van der Waals surface area contributed by atoms with Gasteiger partial charge in [-0.1, -0.05) is 0 Å². The van der Waals surface area contributed by atoms with Crippen LogP contribution in [-0.4, -0.2) is 53.2 Å². The maximum atomic E-state index is 13.9. The van der Waals surface area contributed by atoms with E-state index in [-0.39, 0.29) is 17.4 Å². The van der Waals surface area contributed by atoms with Crippen LogP contribution in [0, 0.1) is 5.82 Å². The second-order valence-electron chi connectivity index (χ2n) is 6.88. The van der Waals surface area contributed by atoms with Gasteiger partial charge in [-0.3, -0.25) is 9.78 Å². The average molecular weight is 383 g/mol. The van der Waals surface area contributed by atoms with Crippen LogP contribution in [-0.2, 0) is 13.1 Å². The minimum absolute atomic E-state index is 0.0767. The zero-order valence-corrected chi connectivity index (χ0v) is 15.7. The summed E-state index contributed by atoms with van der Waals surface area (Å²) in [5.41, 5.74) is 0.0767. The molecule has 0 atom stereocenters. The lowest BCUT2D eigenvalue weighted by atomic mass is 9.95. The monoisotopic (exact) mass is 383 g/mol. The SMILES string of the molecule is CCn1c(Cn2ccnc2)nnc1C1CCN(C(=O)c2ccncc2F)CC1. The van der Waals surface area contributed by atoms with Gasteiger partial charge in [0.05, 0.1) is 24.6 Å². The molecule has 3 aromatic heterocycles. The van der Waals surface area contributed by atoms with Gasteiger partial charge in [0.25, 0.3) is 5.91 Å². The summed E-state index contributed by atoms with van der Waals surface area (Å²) >= 11 is 0. The summed E-state index contributed by atoms with van der Waals surface area (Å²) in [6.07, 6.45) is 9.47. The molecule has 8 nitrogen and oxygen atoms in total. The van der Waals surface area contributed by atoms with Crippen molar-refractivity contribution in [3.8, 4) is 0 Å². The smallest absolute Gasteiger partial charge is 0.256 e. The number of aromatic nitrogens is 6. The molecule has 0 unspecified atom stereocenters. The van der Waals surface area contributed by atoms with Crippen molar-refractivity contribution in [2.45, 2.75) is 38.8 Å². The van der Waals surface area contributed by atoms with Crippen molar-refractivity contribution < 1.29 is 9.18 Å². The Morgan fingerprint density at radius 3 is 2.71 bits per heavy atom. The molecule has 0 bridgehead atoms. The first-order chi connectivity index (χ1) is 13.7. The molecule has 1 aliphatic heterocycles. The van der Waals surface area contributed by atoms with E-state index in [4.69, 9.17) is 0 Å². The van der Waals surface area contributed by atoms with E-state index in [1.165, 1.54) is 12.3 Å². The van der Waals surface area contributed by atoms with E-state index in [0.29, 0.717) is 19.6 Å². The van der Waals surface area contributed by atoms with Crippen molar-refractivity contribution in [2.75, 3.05) is 13.1 Å². The van der Waals surface area contributed by atoms with Gasteiger partial charge in [0.1, 0.15) is 5.82 Å². The average Bonchev–Trinajstić information content (AvgIpc) is 3.38. The summed E-state index contributed by atoms with van der Waals surface area (Å²) < 4.78 is 18.0. The highest BCUT2D eigenvalue weighted by Gasteiger charge is 2.29. The number of hydrogen-bond acceptors (Lipinski definition) is 5. The quantitative estimate of drug-likeness (QED) is 0.674. The zero-order valence-electron chi connectivity index (χ0n) is 15.7. The van der Waals surface area contributed by atoms with Crippen LogP contribution in [0.3, 0.4) is 0 Å². The Balaban J connectivity index is 1.44. The minimum Gasteiger partial charge on any atom is -0.339 e. The number of imidazole rings is 1. The third-order valence-corrected chi connectivity index (χ3v) is 5.21. The first-order valence-corrected chi connectivity index (χ1v) is 9.44. The Labute approximate surface area is 162 Å². The number of carbonyl (C=O) groups excluding carboxylic acids is 1. The van der Waals surface area contributed by atoms with Crippen molar-refractivity contribution in [3.05, 3.63) is 60.2 Å². The number of likely N-dealkylation sites (tertiary alicyclic amines) is 1.